The molecule has 1 amide bonds. The molecule has 6 nitrogen and oxygen atoms in total. The summed E-state index contributed by atoms with van der Waals surface area (Å²) in [7, 11) is 0. The highest BCUT2D eigenvalue weighted by Crippen LogP contribution is 2.42. The average Bonchev–Trinajstić information content (AvgIpc) is 3.18. The van der Waals surface area contributed by atoms with Crippen LogP contribution in [0, 0.1) is 5.92 Å². The molecule has 3 aliphatic rings. The number of hydrogen-bond acceptors (Lipinski definition) is 5. The van der Waals surface area contributed by atoms with E-state index in [0.717, 1.165) is 30.7 Å². The maximum absolute atomic E-state index is 12.6. The number of anilines is 1. The second kappa shape index (κ2) is 8.19. The number of thioether (sulfide) groups is 1. The second-order valence-electron chi connectivity index (χ2n) is 8.09. The van der Waals surface area contributed by atoms with Crippen molar-refractivity contribution in [1.29, 1.82) is 0 Å². The summed E-state index contributed by atoms with van der Waals surface area (Å²) in [6, 6.07) is 0.528. The summed E-state index contributed by atoms with van der Waals surface area (Å²) in [5.41, 5.74) is 0. The molecule has 1 atom stereocenters. The van der Waals surface area contributed by atoms with Crippen molar-refractivity contribution in [2.24, 2.45) is 5.92 Å². The summed E-state index contributed by atoms with van der Waals surface area (Å²) in [5, 5.41) is 12.9. The minimum absolute atomic E-state index is 0.133. The van der Waals surface area contributed by atoms with Crippen LogP contribution in [-0.2, 0) is 4.79 Å². The Labute approximate surface area is 160 Å². The molecule has 0 bridgehead atoms. The molecule has 1 aromatic heterocycles. The van der Waals surface area contributed by atoms with E-state index in [2.05, 4.69) is 25.0 Å². The molecule has 1 N–H and O–H groups in total. The molecule has 7 heteroatoms. The summed E-state index contributed by atoms with van der Waals surface area (Å²) < 4.78 is 2.29. The molecular formula is C19H31N5OS. The lowest BCUT2D eigenvalue weighted by molar-refractivity contribution is -0.120. The summed E-state index contributed by atoms with van der Waals surface area (Å²) in [6.07, 6.45) is 11.4. The first-order chi connectivity index (χ1) is 12.7. The van der Waals surface area contributed by atoms with Gasteiger partial charge in [0.1, 0.15) is 0 Å². The predicted molar refractivity (Wildman–Crippen MR) is 105 cm³/mol. The molecule has 26 heavy (non-hydrogen) atoms. The van der Waals surface area contributed by atoms with Gasteiger partial charge in [0.05, 0.1) is 5.25 Å². The van der Waals surface area contributed by atoms with Crippen molar-refractivity contribution >= 4 is 23.6 Å². The highest BCUT2D eigenvalue weighted by atomic mass is 32.2. The second-order valence-corrected chi connectivity index (χ2v) is 9.40. The van der Waals surface area contributed by atoms with E-state index in [-0.39, 0.29) is 11.2 Å². The number of hydrogen-bond donors (Lipinski definition) is 1. The van der Waals surface area contributed by atoms with Crippen molar-refractivity contribution < 1.29 is 4.79 Å². The fourth-order valence-electron chi connectivity index (χ4n) is 4.13. The molecule has 2 saturated carbocycles. The van der Waals surface area contributed by atoms with Crippen LogP contribution in [0.3, 0.4) is 0 Å². The molecule has 0 unspecified atom stereocenters. The average molecular weight is 378 g/mol. The van der Waals surface area contributed by atoms with Crippen LogP contribution < -0.4 is 10.2 Å². The van der Waals surface area contributed by atoms with Gasteiger partial charge in [-0.1, -0.05) is 31.0 Å². The first kappa shape index (κ1) is 18.1. The Kier molecular flexibility index (Phi) is 5.72. The van der Waals surface area contributed by atoms with Crippen LogP contribution in [0.15, 0.2) is 5.16 Å². The normalized spacial score (nSPS) is 22.6. The van der Waals surface area contributed by atoms with Crippen molar-refractivity contribution in [2.75, 3.05) is 24.5 Å². The van der Waals surface area contributed by atoms with Gasteiger partial charge < -0.3 is 10.2 Å². The van der Waals surface area contributed by atoms with Crippen molar-refractivity contribution in [3.8, 4) is 0 Å². The third-order valence-electron chi connectivity index (χ3n) is 5.89. The SMILES string of the molecule is C[C@@H](Sc1nnc(N2CCCC2)n1C1CC1)C(=O)NCC1CCCCC1. The molecule has 4 rings (SSSR count). The molecule has 1 saturated heterocycles. The Hall–Kier alpha value is -1.24. The van der Waals surface area contributed by atoms with Crippen LogP contribution in [0.4, 0.5) is 5.95 Å². The van der Waals surface area contributed by atoms with Crippen molar-refractivity contribution in [3.63, 3.8) is 0 Å². The van der Waals surface area contributed by atoms with Gasteiger partial charge in [0.15, 0.2) is 5.16 Å². The number of carbonyl (C=O) groups is 1. The van der Waals surface area contributed by atoms with Gasteiger partial charge in [0.2, 0.25) is 11.9 Å². The smallest absolute Gasteiger partial charge is 0.233 e. The number of carbonyl (C=O) groups excluding carboxylic acids is 1. The lowest BCUT2D eigenvalue weighted by Gasteiger charge is -2.22. The molecule has 0 aromatic carbocycles. The van der Waals surface area contributed by atoms with Gasteiger partial charge in [0, 0.05) is 25.7 Å². The van der Waals surface area contributed by atoms with Gasteiger partial charge in [-0.3, -0.25) is 9.36 Å². The number of nitrogens with zero attached hydrogens (tertiary/aromatic N) is 4. The lowest BCUT2D eigenvalue weighted by atomic mass is 9.89. The number of nitrogens with one attached hydrogen (secondary N) is 1. The lowest BCUT2D eigenvalue weighted by Crippen LogP contribution is -2.35. The highest BCUT2D eigenvalue weighted by molar-refractivity contribution is 8.00. The molecule has 0 spiro atoms. The van der Waals surface area contributed by atoms with E-state index in [1.807, 2.05) is 6.92 Å². The molecule has 2 heterocycles. The van der Waals surface area contributed by atoms with E-state index in [0.29, 0.717) is 12.0 Å². The molecule has 2 aliphatic carbocycles. The van der Waals surface area contributed by atoms with E-state index in [1.165, 1.54) is 57.8 Å². The largest absolute Gasteiger partial charge is 0.355 e. The van der Waals surface area contributed by atoms with Crippen LogP contribution >= 0.6 is 11.8 Å². The molecule has 0 radical (unpaired) electrons. The Bertz CT molecular complexity index is 617. The molecule has 1 aliphatic heterocycles. The molecule has 1 aromatic rings. The maximum atomic E-state index is 12.6. The van der Waals surface area contributed by atoms with Crippen molar-refractivity contribution in [1.82, 2.24) is 20.1 Å². The fourth-order valence-corrected chi connectivity index (χ4v) is 5.07. The van der Waals surface area contributed by atoms with E-state index in [1.54, 1.807) is 11.8 Å². The van der Waals surface area contributed by atoms with Crippen LogP contribution in [0.2, 0.25) is 0 Å². The summed E-state index contributed by atoms with van der Waals surface area (Å²) in [4.78, 5) is 14.9. The van der Waals surface area contributed by atoms with Gasteiger partial charge in [-0.05, 0) is 51.4 Å². The standard InChI is InChI=1S/C19H31N5OS/c1-14(17(25)20-13-15-7-3-2-4-8-15)26-19-22-21-18(23-11-5-6-12-23)24(19)16-9-10-16/h14-16H,2-13H2,1H3,(H,20,25)/t14-/m1/s1. The van der Waals surface area contributed by atoms with Crippen LogP contribution in [0.5, 0.6) is 0 Å². The summed E-state index contributed by atoms with van der Waals surface area (Å²) in [6.45, 7) is 4.97. The van der Waals surface area contributed by atoms with Gasteiger partial charge >= 0.3 is 0 Å². The Morgan fingerprint density at radius 1 is 1.12 bits per heavy atom. The zero-order valence-electron chi connectivity index (χ0n) is 15.8. The highest BCUT2D eigenvalue weighted by Gasteiger charge is 2.33. The van der Waals surface area contributed by atoms with Crippen molar-refractivity contribution in [2.45, 2.75) is 81.2 Å². The summed E-state index contributed by atoms with van der Waals surface area (Å²) >= 11 is 1.56. The third-order valence-corrected chi connectivity index (χ3v) is 6.95. The quantitative estimate of drug-likeness (QED) is 0.738. The van der Waals surface area contributed by atoms with Gasteiger partial charge in [-0.15, -0.1) is 10.2 Å². The van der Waals surface area contributed by atoms with E-state index < -0.39 is 0 Å². The van der Waals surface area contributed by atoms with E-state index in [9.17, 15) is 4.79 Å². The number of amides is 1. The minimum atomic E-state index is -0.133. The molecule has 144 valence electrons. The minimum Gasteiger partial charge on any atom is -0.355 e. The van der Waals surface area contributed by atoms with Crippen molar-refractivity contribution in [3.05, 3.63) is 0 Å². The van der Waals surface area contributed by atoms with Crippen LogP contribution in [0.1, 0.15) is 70.8 Å². The Morgan fingerprint density at radius 2 is 1.85 bits per heavy atom. The van der Waals surface area contributed by atoms with Gasteiger partial charge in [-0.25, -0.2) is 0 Å². The topological polar surface area (TPSA) is 63.1 Å². The Morgan fingerprint density at radius 3 is 2.54 bits per heavy atom. The molecular weight excluding hydrogens is 346 g/mol. The Balaban J connectivity index is 1.36. The van der Waals surface area contributed by atoms with E-state index >= 15 is 0 Å². The summed E-state index contributed by atoms with van der Waals surface area (Å²) in [5.74, 6) is 1.82. The van der Waals surface area contributed by atoms with Crippen LogP contribution in [0.25, 0.3) is 0 Å². The predicted octanol–water partition coefficient (Wildman–Crippen LogP) is 3.39. The number of aromatic nitrogens is 3. The first-order valence-corrected chi connectivity index (χ1v) is 11.2. The van der Waals surface area contributed by atoms with E-state index in [4.69, 9.17) is 0 Å². The third kappa shape index (κ3) is 4.18. The molecule has 3 fully saturated rings. The van der Waals surface area contributed by atoms with Crippen LogP contribution in [-0.4, -0.2) is 45.6 Å². The van der Waals surface area contributed by atoms with Gasteiger partial charge in [-0.2, -0.15) is 0 Å². The fraction of sp³-hybridized carbons (Fsp3) is 0.842. The zero-order chi connectivity index (χ0) is 17.9. The maximum Gasteiger partial charge on any atom is 0.233 e. The zero-order valence-corrected chi connectivity index (χ0v) is 16.6. The first-order valence-electron chi connectivity index (χ1n) is 10.4. The number of rotatable bonds is 7. The van der Waals surface area contributed by atoms with Gasteiger partial charge in [0.25, 0.3) is 0 Å². The monoisotopic (exact) mass is 377 g/mol.